The molecule has 1 fully saturated rings. The van der Waals surface area contributed by atoms with Gasteiger partial charge in [-0.15, -0.1) is 0 Å². The average Bonchev–Trinajstić information content (AvgIpc) is 2.95. The highest BCUT2D eigenvalue weighted by Crippen LogP contribution is 2.47. The molecule has 3 heterocycles. The maximum absolute atomic E-state index is 12.8. The van der Waals surface area contributed by atoms with Gasteiger partial charge in [-0.2, -0.15) is 0 Å². The maximum atomic E-state index is 12.8. The van der Waals surface area contributed by atoms with Gasteiger partial charge < -0.3 is 15.2 Å². The third-order valence-corrected chi connectivity index (χ3v) is 6.87. The van der Waals surface area contributed by atoms with Crippen LogP contribution in [0, 0.1) is 3.57 Å². The quantitative estimate of drug-likeness (QED) is 0.564. The normalized spacial score (nSPS) is 18.4. The van der Waals surface area contributed by atoms with Gasteiger partial charge in [0.25, 0.3) is 0 Å². The first kappa shape index (κ1) is 21.7. The van der Waals surface area contributed by atoms with Gasteiger partial charge in [-0.1, -0.05) is 11.6 Å². The molecule has 2 aromatic rings. The van der Waals surface area contributed by atoms with Crippen LogP contribution in [0.25, 0.3) is 0 Å². The molecule has 2 aliphatic heterocycles. The van der Waals surface area contributed by atoms with Crippen LogP contribution in [0.5, 0.6) is 5.75 Å². The van der Waals surface area contributed by atoms with Gasteiger partial charge in [-0.25, -0.2) is 9.97 Å². The Balaban J connectivity index is 1.33. The van der Waals surface area contributed by atoms with Crippen LogP contribution in [0.2, 0.25) is 5.02 Å². The van der Waals surface area contributed by atoms with Crippen LogP contribution in [0.15, 0.2) is 24.5 Å². The van der Waals surface area contributed by atoms with Crippen molar-refractivity contribution < 1.29 is 14.6 Å². The predicted molar refractivity (Wildman–Crippen MR) is 123 cm³/mol. The van der Waals surface area contributed by atoms with E-state index in [0.717, 1.165) is 47.3 Å². The standard InChI is InChI=1S/C21H24ClIN4O3/c1-20(2,29)18-24-11-14(12-25-18)30-8-7-27-5-3-21(4-6-27)15-9-13(22)10-16(23)17(15)26-19(21)28/h9-12,29H,3-8H2,1-2H3,(H,26,28). The molecule has 0 bridgehead atoms. The van der Waals surface area contributed by atoms with Crippen LogP contribution >= 0.6 is 34.2 Å². The van der Waals surface area contributed by atoms with Gasteiger partial charge >= 0.3 is 0 Å². The van der Waals surface area contributed by atoms with E-state index in [1.165, 1.54) is 0 Å². The first-order valence-electron chi connectivity index (χ1n) is 9.90. The lowest BCUT2D eigenvalue weighted by Gasteiger charge is -2.38. The number of carbonyl (C=O) groups excluding carboxylic acids is 1. The smallest absolute Gasteiger partial charge is 0.235 e. The summed E-state index contributed by atoms with van der Waals surface area (Å²) in [4.78, 5) is 23.5. The van der Waals surface area contributed by atoms with Crippen molar-refractivity contribution in [2.45, 2.75) is 37.7 Å². The number of aliphatic hydroxyl groups is 1. The number of nitrogens with zero attached hydrogens (tertiary/aromatic N) is 3. The van der Waals surface area contributed by atoms with Crippen molar-refractivity contribution >= 4 is 45.8 Å². The summed E-state index contributed by atoms with van der Waals surface area (Å²) in [5, 5.41) is 13.7. The van der Waals surface area contributed by atoms with E-state index in [4.69, 9.17) is 16.3 Å². The third kappa shape index (κ3) is 4.15. The van der Waals surface area contributed by atoms with Gasteiger partial charge in [0.1, 0.15) is 12.2 Å². The molecule has 1 aromatic carbocycles. The van der Waals surface area contributed by atoms with Gasteiger partial charge in [-0.3, -0.25) is 9.69 Å². The van der Waals surface area contributed by atoms with E-state index in [0.29, 0.717) is 23.2 Å². The first-order valence-corrected chi connectivity index (χ1v) is 11.4. The molecular weight excluding hydrogens is 519 g/mol. The number of benzene rings is 1. The van der Waals surface area contributed by atoms with Crippen LogP contribution in [0.3, 0.4) is 0 Å². The van der Waals surface area contributed by atoms with E-state index in [9.17, 15) is 9.90 Å². The Hall–Kier alpha value is -1.49. The van der Waals surface area contributed by atoms with Crippen LogP contribution in [-0.2, 0) is 15.8 Å². The first-order chi connectivity index (χ1) is 14.2. The molecule has 1 aromatic heterocycles. The number of hydrogen-bond donors (Lipinski definition) is 2. The molecule has 0 atom stereocenters. The molecule has 2 N–H and O–H groups in total. The number of anilines is 1. The van der Waals surface area contributed by atoms with Gasteiger partial charge in [-0.05, 0) is 80.1 Å². The Morgan fingerprint density at radius 3 is 2.60 bits per heavy atom. The summed E-state index contributed by atoms with van der Waals surface area (Å²) in [5.74, 6) is 1.02. The van der Waals surface area contributed by atoms with Crippen LogP contribution in [0.4, 0.5) is 5.69 Å². The van der Waals surface area contributed by atoms with Crippen molar-refractivity contribution in [2.24, 2.45) is 0 Å². The zero-order valence-electron chi connectivity index (χ0n) is 16.9. The summed E-state index contributed by atoms with van der Waals surface area (Å²) < 4.78 is 6.74. The summed E-state index contributed by atoms with van der Waals surface area (Å²) in [6.45, 7) is 6.17. The molecule has 1 amide bonds. The minimum atomic E-state index is -1.07. The van der Waals surface area contributed by atoms with Crippen molar-refractivity contribution in [2.75, 3.05) is 31.6 Å². The van der Waals surface area contributed by atoms with Crippen LogP contribution in [0.1, 0.15) is 38.1 Å². The van der Waals surface area contributed by atoms with E-state index in [-0.39, 0.29) is 5.91 Å². The Bertz CT molecular complexity index is 954. The lowest BCUT2D eigenvalue weighted by atomic mass is 9.73. The Kier molecular flexibility index (Phi) is 5.95. The minimum absolute atomic E-state index is 0.0811. The van der Waals surface area contributed by atoms with Crippen molar-refractivity contribution in [3.63, 3.8) is 0 Å². The monoisotopic (exact) mass is 542 g/mol. The number of amides is 1. The molecule has 0 radical (unpaired) electrons. The number of nitrogens with one attached hydrogen (secondary N) is 1. The molecule has 0 saturated carbocycles. The van der Waals surface area contributed by atoms with E-state index in [1.54, 1.807) is 26.2 Å². The van der Waals surface area contributed by atoms with Crippen LogP contribution in [-0.4, -0.2) is 52.1 Å². The van der Waals surface area contributed by atoms with Crippen molar-refractivity contribution in [1.29, 1.82) is 0 Å². The second kappa shape index (κ2) is 8.22. The number of rotatable bonds is 5. The summed E-state index contributed by atoms with van der Waals surface area (Å²) in [5.41, 5.74) is 0.384. The number of piperidine rings is 1. The fourth-order valence-electron chi connectivity index (χ4n) is 4.09. The third-order valence-electron chi connectivity index (χ3n) is 5.80. The number of hydrogen-bond acceptors (Lipinski definition) is 6. The van der Waals surface area contributed by atoms with E-state index in [2.05, 4.69) is 42.8 Å². The number of aromatic nitrogens is 2. The number of fused-ring (bicyclic) bond motifs is 2. The number of halogens is 2. The Labute approximate surface area is 194 Å². The Morgan fingerprint density at radius 2 is 1.97 bits per heavy atom. The molecule has 9 heteroatoms. The van der Waals surface area contributed by atoms with Crippen molar-refractivity contribution in [3.8, 4) is 5.75 Å². The number of ether oxygens (including phenoxy) is 1. The van der Waals surface area contributed by atoms with Crippen molar-refractivity contribution in [1.82, 2.24) is 14.9 Å². The maximum Gasteiger partial charge on any atom is 0.235 e. The fraction of sp³-hybridized carbons (Fsp3) is 0.476. The Morgan fingerprint density at radius 1 is 1.30 bits per heavy atom. The lowest BCUT2D eigenvalue weighted by Crippen LogP contribution is -2.47. The highest BCUT2D eigenvalue weighted by molar-refractivity contribution is 14.1. The zero-order valence-corrected chi connectivity index (χ0v) is 19.8. The zero-order chi connectivity index (χ0) is 21.5. The second-order valence-corrected chi connectivity index (χ2v) is 9.94. The summed E-state index contributed by atoms with van der Waals surface area (Å²) in [7, 11) is 0. The fourth-order valence-corrected chi connectivity index (χ4v) is 5.25. The van der Waals surface area contributed by atoms with E-state index < -0.39 is 11.0 Å². The highest BCUT2D eigenvalue weighted by Gasteiger charge is 2.49. The molecule has 4 rings (SSSR count). The molecule has 160 valence electrons. The summed E-state index contributed by atoms with van der Waals surface area (Å²) >= 11 is 8.50. The van der Waals surface area contributed by atoms with Gasteiger partial charge in [0.05, 0.1) is 23.5 Å². The predicted octanol–water partition coefficient (Wildman–Crippen LogP) is 3.33. The SMILES string of the molecule is CC(C)(O)c1ncc(OCCN2CCC3(CC2)C(=O)Nc2c(I)cc(Cl)cc23)cn1. The summed E-state index contributed by atoms with van der Waals surface area (Å²) in [6.07, 6.45) is 4.67. The molecule has 30 heavy (non-hydrogen) atoms. The molecular formula is C21H24ClIN4O3. The highest BCUT2D eigenvalue weighted by atomic mass is 127. The molecule has 1 spiro atoms. The number of carbonyl (C=O) groups is 1. The molecule has 7 nitrogen and oxygen atoms in total. The molecule has 1 saturated heterocycles. The topological polar surface area (TPSA) is 87.6 Å². The second-order valence-electron chi connectivity index (χ2n) is 8.34. The van der Waals surface area contributed by atoms with Gasteiger partial charge in [0.2, 0.25) is 5.91 Å². The average molecular weight is 543 g/mol. The largest absolute Gasteiger partial charge is 0.489 e. The van der Waals surface area contributed by atoms with Crippen molar-refractivity contribution in [3.05, 3.63) is 44.5 Å². The van der Waals surface area contributed by atoms with Gasteiger partial charge in [0, 0.05) is 15.1 Å². The molecule has 2 aliphatic rings. The van der Waals surface area contributed by atoms with Gasteiger partial charge in [0.15, 0.2) is 11.6 Å². The van der Waals surface area contributed by atoms with Crippen LogP contribution < -0.4 is 10.1 Å². The minimum Gasteiger partial charge on any atom is -0.489 e. The molecule has 0 unspecified atom stereocenters. The van der Waals surface area contributed by atoms with E-state index in [1.807, 2.05) is 12.1 Å². The molecule has 0 aliphatic carbocycles. The lowest BCUT2D eigenvalue weighted by molar-refractivity contribution is -0.122. The number of likely N-dealkylation sites (tertiary alicyclic amines) is 1. The summed E-state index contributed by atoms with van der Waals surface area (Å²) in [6, 6.07) is 3.82. The van der Waals surface area contributed by atoms with E-state index >= 15 is 0 Å².